The van der Waals surface area contributed by atoms with Gasteiger partial charge in [-0.25, -0.2) is 0 Å². The molecule has 1 N–H and O–H groups in total. The van der Waals surface area contributed by atoms with E-state index >= 15 is 0 Å². The first-order chi connectivity index (χ1) is 15.7. The van der Waals surface area contributed by atoms with E-state index in [2.05, 4.69) is 5.32 Å². The third-order valence-electron chi connectivity index (χ3n) is 5.28. The summed E-state index contributed by atoms with van der Waals surface area (Å²) >= 11 is 11.2. The zero-order valence-corrected chi connectivity index (χ0v) is 19.1. The van der Waals surface area contributed by atoms with E-state index in [-0.39, 0.29) is 16.4 Å². The summed E-state index contributed by atoms with van der Waals surface area (Å²) in [7, 11) is 0. The van der Waals surface area contributed by atoms with Crippen molar-refractivity contribution in [3.63, 3.8) is 0 Å². The quantitative estimate of drug-likeness (QED) is 0.195. The summed E-state index contributed by atoms with van der Waals surface area (Å²) in [5.74, 6) is -1.14. The van der Waals surface area contributed by atoms with E-state index in [4.69, 9.17) is 23.8 Å². The first-order valence-corrected chi connectivity index (χ1v) is 10.6. The number of non-ortho nitro benzene ring substituents is 1. The summed E-state index contributed by atoms with van der Waals surface area (Å²) in [5, 5.41) is 14.0. The van der Waals surface area contributed by atoms with Crippen molar-refractivity contribution in [1.82, 2.24) is 9.88 Å². The van der Waals surface area contributed by atoms with E-state index in [1.807, 2.05) is 24.5 Å². The molecular weight excluding hydrogens is 464 g/mol. The molecule has 0 saturated carbocycles. The van der Waals surface area contributed by atoms with Crippen molar-refractivity contribution in [1.29, 1.82) is 0 Å². The summed E-state index contributed by atoms with van der Waals surface area (Å²) in [4.78, 5) is 37.6. The minimum atomic E-state index is -0.588. The highest BCUT2D eigenvalue weighted by atomic mass is 35.5. The second-order valence-corrected chi connectivity index (χ2v) is 8.19. The normalized spacial score (nSPS) is 15.2. The third-order valence-corrected chi connectivity index (χ3v) is 5.81. The maximum Gasteiger partial charge on any atom is 0.270 e. The van der Waals surface area contributed by atoms with Gasteiger partial charge in [-0.3, -0.25) is 29.9 Å². The van der Waals surface area contributed by atoms with Crippen molar-refractivity contribution in [2.45, 2.75) is 13.8 Å². The number of aryl methyl sites for hydroxylation is 1. The maximum absolute atomic E-state index is 13.2. The number of carbonyl (C=O) groups excluding carboxylic acids is 2. The summed E-state index contributed by atoms with van der Waals surface area (Å²) in [6, 6.07) is 14.5. The molecule has 0 unspecified atom stereocenters. The zero-order chi connectivity index (χ0) is 23.9. The van der Waals surface area contributed by atoms with Crippen molar-refractivity contribution in [2.24, 2.45) is 0 Å². The van der Waals surface area contributed by atoms with Gasteiger partial charge in [-0.1, -0.05) is 11.6 Å². The van der Waals surface area contributed by atoms with Gasteiger partial charge in [0.1, 0.15) is 5.57 Å². The standard InChI is InChI=1S/C23H17ClN4O4S/c1-13-11-15(14(2)26(13)17-7-9-19(10-8-17)28(31)32)12-20-21(29)25-23(33)27(22(20)30)18-5-3-16(24)4-6-18/h3-12H,1-2H3,(H,25,29,33). The van der Waals surface area contributed by atoms with Gasteiger partial charge < -0.3 is 4.57 Å². The number of nitro groups is 1. The van der Waals surface area contributed by atoms with Crippen LogP contribution >= 0.6 is 23.8 Å². The monoisotopic (exact) mass is 480 g/mol. The molecular formula is C23H17ClN4O4S. The minimum absolute atomic E-state index is 0.00807. The molecule has 4 rings (SSSR count). The Kier molecular flexibility index (Phi) is 5.84. The van der Waals surface area contributed by atoms with Crippen molar-refractivity contribution in [3.8, 4) is 5.69 Å². The van der Waals surface area contributed by atoms with Crippen molar-refractivity contribution in [3.05, 3.63) is 92.3 Å². The van der Waals surface area contributed by atoms with Crippen LogP contribution in [0.15, 0.2) is 60.2 Å². The van der Waals surface area contributed by atoms with Crippen LogP contribution in [0, 0.1) is 24.0 Å². The van der Waals surface area contributed by atoms with Crippen molar-refractivity contribution < 1.29 is 14.5 Å². The van der Waals surface area contributed by atoms with E-state index in [1.165, 1.54) is 23.1 Å². The van der Waals surface area contributed by atoms with Crippen LogP contribution in [0.1, 0.15) is 17.0 Å². The van der Waals surface area contributed by atoms with Crippen LogP contribution in [-0.2, 0) is 9.59 Å². The lowest BCUT2D eigenvalue weighted by Crippen LogP contribution is -2.54. The van der Waals surface area contributed by atoms with Gasteiger partial charge in [0.15, 0.2) is 5.11 Å². The number of carbonyl (C=O) groups is 2. The Balaban J connectivity index is 1.73. The predicted octanol–water partition coefficient (Wildman–Crippen LogP) is 4.49. The number of anilines is 1. The Hall–Kier alpha value is -3.82. The number of rotatable bonds is 4. The number of hydrogen-bond acceptors (Lipinski definition) is 5. The lowest BCUT2D eigenvalue weighted by Gasteiger charge is -2.28. The number of nitrogens with one attached hydrogen (secondary N) is 1. The van der Waals surface area contributed by atoms with Gasteiger partial charge in [-0.2, -0.15) is 0 Å². The van der Waals surface area contributed by atoms with Crippen LogP contribution in [0.2, 0.25) is 5.02 Å². The maximum atomic E-state index is 13.2. The molecule has 0 atom stereocenters. The summed E-state index contributed by atoms with van der Waals surface area (Å²) in [6.45, 7) is 3.71. The van der Waals surface area contributed by atoms with Crippen molar-refractivity contribution in [2.75, 3.05) is 4.90 Å². The second-order valence-electron chi connectivity index (χ2n) is 7.37. The number of halogens is 1. The van der Waals surface area contributed by atoms with E-state index in [0.717, 1.165) is 17.1 Å². The van der Waals surface area contributed by atoms with Gasteiger partial charge in [0, 0.05) is 34.2 Å². The Morgan fingerprint density at radius 1 is 1.03 bits per heavy atom. The highest BCUT2D eigenvalue weighted by Gasteiger charge is 2.34. The van der Waals surface area contributed by atoms with Gasteiger partial charge in [0.2, 0.25) is 0 Å². The van der Waals surface area contributed by atoms with Crippen LogP contribution in [-0.4, -0.2) is 26.4 Å². The summed E-state index contributed by atoms with van der Waals surface area (Å²) < 4.78 is 1.89. The fourth-order valence-corrected chi connectivity index (χ4v) is 4.10. The van der Waals surface area contributed by atoms with Gasteiger partial charge >= 0.3 is 0 Å². The lowest BCUT2D eigenvalue weighted by molar-refractivity contribution is -0.384. The highest BCUT2D eigenvalue weighted by molar-refractivity contribution is 7.80. The van der Waals surface area contributed by atoms with Crippen LogP contribution in [0.5, 0.6) is 0 Å². The molecule has 1 saturated heterocycles. The molecule has 2 aromatic carbocycles. The Morgan fingerprint density at radius 2 is 1.64 bits per heavy atom. The largest absolute Gasteiger partial charge is 0.318 e. The highest BCUT2D eigenvalue weighted by Crippen LogP contribution is 2.27. The number of nitrogens with zero attached hydrogens (tertiary/aromatic N) is 3. The van der Waals surface area contributed by atoms with Gasteiger partial charge in [0.25, 0.3) is 17.5 Å². The predicted molar refractivity (Wildman–Crippen MR) is 130 cm³/mol. The second kappa shape index (κ2) is 8.61. The molecule has 8 nitrogen and oxygen atoms in total. The molecule has 1 aromatic heterocycles. The Morgan fingerprint density at radius 3 is 2.24 bits per heavy atom. The minimum Gasteiger partial charge on any atom is -0.318 e. The van der Waals surface area contributed by atoms with E-state index in [9.17, 15) is 19.7 Å². The number of hydrogen-bond donors (Lipinski definition) is 1. The molecule has 2 amide bonds. The summed E-state index contributed by atoms with van der Waals surface area (Å²) in [6.07, 6.45) is 1.52. The molecule has 0 radical (unpaired) electrons. The lowest BCUT2D eigenvalue weighted by atomic mass is 10.1. The SMILES string of the molecule is Cc1cc(C=C2C(=O)NC(=S)N(c3ccc(Cl)cc3)C2=O)c(C)n1-c1ccc([N+](=O)[O-])cc1. The van der Waals surface area contributed by atoms with Crippen LogP contribution in [0.4, 0.5) is 11.4 Å². The Bertz CT molecular complexity index is 1340. The molecule has 10 heteroatoms. The van der Waals surface area contributed by atoms with Gasteiger partial charge in [-0.05, 0) is 80.2 Å². The smallest absolute Gasteiger partial charge is 0.270 e. The molecule has 33 heavy (non-hydrogen) atoms. The fourth-order valence-electron chi connectivity index (χ4n) is 3.69. The number of thiocarbonyl (C=S) groups is 1. The van der Waals surface area contributed by atoms with E-state index in [0.29, 0.717) is 16.3 Å². The molecule has 1 aliphatic rings. The average Bonchev–Trinajstić information content (AvgIpc) is 3.05. The van der Waals surface area contributed by atoms with Gasteiger partial charge in [-0.15, -0.1) is 0 Å². The molecule has 1 aliphatic heterocycles. The number of aromatic nitrogens is 1. The molecule has 0 spiro atoms. The fraction of sp³-hybridized carbons (Fsp3) is 0.0870. The van der Waals surface area contributed by atoms with Crippen LogP contribution in [0.25, 0.3) is 11.8 Å². The third kappa shape index (κ3) is 4.15. The molecule has 0 bridgehead atoms. The number of amides is 2. The summed E-state index contributed by atoms with van der Waals surface area (Å²) in [5.41, 5.74) is 3.39. The van der Waals surface area contributed by atoms with Gasteiger partial charge in [0.05, 0.1) is 10.6 Å². The Labute approximate surface area is 199 Å². The van der Waals surface area contributed by atoms with Crippen molar-refractivity contribution >= 4 is 58.2 Å². The topological polar surface area (TPSA) is 97.5 Å². The van der Waals surface area contributed by atoms with E-state index < -0.39 is 16.7 Å². The number of benzene rings is 2. The molecule has 1 fully saturated rings. The first-order valence-electron chi connectivity index (χ1n) is 9.78. The van der Waals surface area contributed by atoms with Crippen LogP contribution in [0.3, 0.4) is 0 Å². The van der Waals surface area contributed by atoms with E-state index in [1.54, 1.807) is 36.4 Å². The molecule has 2 heterocycles. The molecule has 166 valence electrons. The average molecular weight is 481 g/mol. The zero-order valence-electron chi connectivity index (χ0n) is 17.5. The number of nitro benzene ring substituents is 1. The van der Waals surface area contributed by atoms with Crippen LogP contribution < -0.4 is 10.2 Å². The first kappa shape index (κ1) is 22.4. The molecule has 3 aromatic rings. The molecule has 0 aliphatic carbocycles.